The highest BCUT2D eigenvalue weighted by Gasteiger charge is 2.23. The summed E-state index contributed by atoms with van der Waals surface area (Å²) in [5.41, 5.74) is 7.97. The lowest BCUT2D eigenvalue weighted by Crippen LogP contribution is -2.20. The van der Waals surface area contributed by atoms with E-state index in [0.29, 0.717) is 11.7 Å². The number of anilines is 1. The summed E-state index contributed by atoms with van der Waals surface area (Å²) < 4.78 is 0. The van der Waals surface area contributed by atoms with Crippen molar-refractivity contribution < 1.29 is 0 Å². The minimum atomic E-state index is 0.479. The molecule has 19 heavy (non-hydrogen) atoms. The topological polar surface area (TPSA) is 55.0 Å². The lowest BCUT2D eigenvalue weighted by atomic mass is 9.99. The van der Waals surface area contributed by atoms with Crippen LogP contribution in [0.4, 0.5) is 5.82 Å². The lowest BCUT2D eigenvalue weighted by molar-refractivity contribution is 0.322. The van der Waals surface area contributed by atoms with Gasteiger partial charge in [-0.2, -0.15) is 0 Å². The van der Waals surface area contributed by atoms with Crippen LogP contribution in [-0.4, -0.2) is 28.0 Å². The fourth-order valence-corrected chi connectivity index (χ4v) is 2.65. The Morgan fingerprint density at radius 3 is 2.74 bits per heavy atom. The Morgan fingerprint density at radius 2 is 2.00 bits per heavy atom. The Balaban J connectivity index is 1.62. The lowest BCUT2D eigenvalue weighted by Gasteiger charge is -2.15. The van der Waals surface area contributed by atoms with Crippen LogP contribution in [0.5, 0.6) is 0 Å². The van der Waals surface area contributed by atoms with Crippen molar-refractivity contribution in [2.45, 2.75) is 18.9 Å². The van der Waals surface area contributed by atoms with Crippen molar-refractivity contribution in [3.8, 4) is 0 Å². The zero-order chi connectivity index (χ0) is 13.1. The van der Waals surface area contributed by atoms with E-state index in [1.165, 1.54) is 12.0 Å². The molecule has 0 aliphatic carbocycles. The number of hydrogen-bond donors (Lipinski definition) is 1. The first-order valence-electron chi connectivity index (χ1n) is 6.65. The number of aromatic nitrogens is 2. The van der Waals surface area contributed by atoms with Gasteiger partial charge in [-0.3, -0.25) is 9.88 Å². The van der Waals surface area contributed by atoms with Crippen LogP contribution in [-0.2, 0) is 6.54 Å². The second-order valence-corrected chi connectivity index (χ2v) is 5.06. The summed E-state index contributed by atoms with van der Waals surface area (Å²) in [6.07, 6.45) is 4.61. The van der Waals surface area contributed by atoms with Crippen LogP contribution >= 0.6 is 0 Å². The first-order chi connectivity index (χ1) is 9.31. The second kappa shape index (κ2) is 5.36. The first kappa shape index (κ1) is 12.1. The number of nitrogens with zero attached hydrogens (tertiary/aromatic N) is 3. The van der Waals surface area contributed by atoms with Gasteiger partial charge in [0.25, 0.3) is 0 Å². The zero-order valence-corrected chi connectivity index (χ0v) is 10.9. The molecule has 1 unspecified atom stereocenters. The van der Waals surface area contributed by atoms with E-state index in [1.54, 1.807) is 12.4 Å². The number of hydrogen-bond acceptors (Lipinski definition) is 4. The van der Waals surface area contributed by atoms with E-state index in [9.17, 15) is 0 Å². The summed E-state index contributed by atoms with van der Waals surface area (Å²) in [5, 5.41) is 0. The van der Waals surface area contributed by atoms with Gasteiger partial charge in [-0.25, -0.2) is 4.98 Å². The minimum Gasteiger partial charge on any atom is -0.382 e. The summed E-state index contributed by atoms with van der Waals surface area (Å²) in [7, 11) is 0. The molecule has 1 saturated heterocycles. The molecule has 2 heterocycles. The van der Waals surface area contributed by atoms with Crippen molar-refractivity contribution >= 4 is 5.82 Å². The maximum absolute atomic E-state index is 5.55. The van der Waals surface area contributed by atoms with Crippen molar-refractivity contribution in [3.63, 3.8) is 0 Å². The van der Waals surface area contributed by atoms with Gasteiger partial charge in [-0.05, 0) is 24.4 Å². The number of nitrogens with two attached hydrogens (primary N) is 1. The maximum Gasteiger partial charge on any atom is 0.141 e. The molecule has 4 heteroatoms. The molecule has 0 radical (unpaired) electrons. The molecule has 0 saturated carbocycles. The van der Waals surface area contributed by atoms with Crippen LogP contribution in [0.2, 0.25) is 0 Å². The van der Waals surface area contributed by atoms with Gasteiger partial charge in [0, 0.05) is 13.1 Å². The molecule has 2 N–H and O–H groups in total. The van der Waals surface area contributed by atoms with E-state index >= 15 is 0 Å². The fourth-order valence-electron chi connectivity index (χ4n) is 2.65. The number of benzene rings is 1. The van der Waals surface area contributed by atoms with E-state index < -0.39 is 0 Å². The first-order valence-corrected chi connectivity index (χ1v) is 6.65. The van der Waals surface area contributed by atoms with Crippen molar-refractivity contribution in [2.75, 3.05) is 18.8 Å². The van der Waals surface area contributed by atoms with Gasteiger partial charge < -0.3 is 5.73 Å². The highest BCUT2D eigenvalue weighted by molar-refractivity contribution is 5.23. The molecule has 0 amide bonds. The molecule has 0 spiro atoms. The van der Waals surface area contributed by atoms with Crippen LogP contribution in [0, 0.1) is 0 Å². The van der Waals surface area contributed by atoms with E-state index in [2.05, 4.69) is 45.2 Å². The highest BCUT2D eigenvalue weighted by atomic mass is 15.2. The smallest absolute Gasteiger partial charge is 0.141 e. The maximum atomic E-state index is 5.55. The summed E-state index contributed by atoms with van der Waals surface area (Å²) in [5.74, 6) is 1.12. The molecule has 1 aliphatic rings. The molecule has 1 fully saturated rings. The summed E-state index contributed by atoms with van der Waals surface area (Å²) >= 11 is 0. The third kappa shape index (κ3) is 2.90. The average molecular weight is 254 g/mol. The summed E-state index contributed by atoms with van der Waals surface area (Å²) in [6, 6.07) is 10.7. The SMILES string of the molecule is Nc1cnc(CN2CCC(c3ccccc3)C2)cn1. The Hall–Kier alpha value is -1.94. The Kier molecular flexibility index (Phi) is 3.42. The molecule has 1 aliphatic heterocycles. The molecular weight excluding hydrogens is 236 g/mol. The van der Waals surface area contributed by atoms with Crippen molar-refractivity contribution in [3.05, 3.63) is 54.0 Å². The zero-order valence-electron chi connectivity index (χ0n) is 10.9. The van der Waals surface area contributed by atoms with Crippen LogP contribution in [0.3, 0.4) is 0 Å². The molecule has 2 aromatic rings. The number of nitrogen functional groups attached to an aromatic ring is 1. The number of likely N-dealkylation sites (tertiary alicyclic amines) is 1. The van der Waals surface area contributed by atoms with Crippen molar-refractivity contribution in [1.82, 2.24) is 14.9 Å². The molecule has 1 aromatic carbocycles. The van der Waals surface area contributed by atoms with Gasteiger partial charge in [0.05, 0.1) is 18.1 Å². The second-order valence-electron chi connectivity index (χ2n) is 5.06. The van der Waals surface area contributed by atoms with E-state index in [0.717, 1.165) is 25.3 Å². The highest BCUT2D eigenvalue weighted by Crippen LogP contribution is 2.27. The van der Waals surface area contributed by atoms with Gasteiger partial charge in [-0.15, -0.1) is 0 Å². The molecule has 3 rings (SSSR count). The molecule has 0 bridgehead atoms. The standard InChI is InChI=1S/C15H18N4/c16-15-9-17-14(8-18-15)11-19-7-6-13(10-19)12-4-2-1-3-5-12/h1-5,8-9,13H,6-7,10-11H2,(H2,16,18). The Labute approximate surface area is 113 Å². The van der Waals surface area contributed by atoms with Crippen LogP contribution in [0.15, 0.2) is 42.7 Å². The van der Waals surface area contributed by atoms with Crippen LogP contribution in [0.25, 0.3) is 0 Å². The molecule has 1 atom stereocenters. The molecule has 4 nitrogen and oxygen atoms in total. The van der Waals surface area contributed by atoms with Gasteiger partial charge in [-0.1, -0.05) is 30.3 Å². The molecular formula is C15H18N4. The monoisotopic (exact) mass is 254 g/mol. The Morgan fingerprint density at radius 1 is 1.16 bits per heavy atom. The molecule has 98 valence electrons. The van der Waals surface area contributed by atoms with Gasteiger partial charge in [0.1, 0.15) is 5.82 Å². The summed E-state index contributed by atoms with van der Waals surface area (Å²) in [6.45, 7) is 3.07. The Bertz CT molecular complexity index is 524. The third-order valence-corrected chi connectivity index (χ3v) is 3.65. The van der Waals surface area contributed by atoms with Crippen LogP contribution in [0.1, 0.15) is 23.6 Å². The van der Waals surface area contributed by atoms with Crippen molar-refractivity contribution in [1.29, 1.82) is 0 Å². The predicted octanol–water partition coefficient (Wildman–Crippen LogP) is 2.05. The predicted molar refractivity (Wildman–Crippen MR) is 75.5 cm³/mol. The quantitative estimate of drug-likeness (QED) is 0.910. The van der Waals surface area contributed by atoms with E-state index in [4.69, 9.17) is 5.73 Å². The van der Waals surface area contributed by atoms with Gasteiger partial charge in [0.15, 0.2) is 0 Å². The van der Waals surface area contributed by atoms with Gasteiger partial charge in [0.2, 0.25) is 0 Å². The van der Waals surface area contributed by atoms with Crippen molar-refractivity contribution in [2.24, 2.45) is 0 Å². The largest absolute Gasteiger partial charge is 0.382 e. The third-order valence-electron chi connectivity index (χ3n) is 3.65. The summed E-state index contributed by atoms with van der Waals surface area (Å²) in [4.78, 5) is 10.8. The van der Waals surface area contributed by atoms with E-state index in [-0.39, 0.29) is 0 Å². The van der Waals surface area contributed by atoms with Crippen LogP contribution < -0.4 is 5.73 Å². The van der Waals surface area contributed by atoms with E-state index in [1.807, 2.05) is 0 Å². The minimum absolute atomic E-state index is 0.479. The number of rotatable bonds is 3. The fraction of sp³-hybridized carbons (Fsp3) is 0.333. The molecule has 1 aromatic heterocycles. The van der Waals surface area contributed by atoms with Gasteiger partial charge >= 0.3 is 0 Å². The normalized spacial score (nSPS) is 19.7. The average Bonchev–Trinajstić information content (AvgIpc) is 2.91.